The second-order valence-corrected chi connectivity index (χ2v) is 6.34. The van der Waals surface area contributed by atoms with Gasteiger partial charge in [0.15, 0.2) is 0 Å². The summed E-state index contributed by atoms with van der Waals surface area (Å²) in [5, 5.41) is 4.75. The zero-order valence-corrected chi connectivity index (χ0v) is 15.2. The van der Waals surface area contributed by atoms with Gasteiger partial charge in [0.2, 0.25) is 11.8 Å². The van der Waals surface area contributed by atoms with Crippen LogP contribution in [0.15, 0.2) is 47.9 Å². The van der Waals surface area contributed by atoms with E-state index in [2.05, 4.69) is 5.32 Å². The third-order valence-corrected chi connectivity index (χ3v) is 4.29. The Bertz CT molecular complexity index is 726. The summed E-state index contributed by atoms with van der Waals surface area (Å²) in [6.45, 7) is 2.49. The quantitative estimate of drug-likeness (QED) is 0.733. The van der Waals surface area contributed by atoms with Crippen molar-refractivity contribution in [3.8, 4) is 5.75 Å². The van der Waals surface area contributed by atoms with Gasteiger partial charge in [-0.15, -0.1) is 11.3 Å². The van der Waals surface area contributed by atoms with Crippen molar-refractivity contribution in [3.63, 3.8) is 0 Å². The van der Waals surface area contributed by atoms with Crippen LogP contribution in [0.5, 0.6) is 5.75 Å². The van der Waals surface area contributed by atoms with Crippen LogP contribution < -0.4 is 10.1 Å². The van der Waals surface area contributed by atoms with E-state index >= 15 is 0 Å². The van der Waals surface area contributed by atoms with E-state index in [0.717, 1.165) is 11.3 Å². The zero-order valence-electron chi connectivity index (χ0n) is 14.4. The highest BCUT2D eigenvalue weighted by molar-refractivity contribution is 7.10. The Morgan fingerprint density at radius 1 is 1.24 bits per heavy atom. The van der Waals surface area contributed by atoms with Gasteiger partial charge in [-0.2, -0.15) is 0 Å². The molecular formula is C19H22N2O3S. The number of hydrogen-bond donors (Lipinski definition) is 1. The standard InChI is InChI=1S/C19H22N2O3S/c1-3-12-21(19(23)11-10-15-7-6-13-25-15)14-18(22)20-16-8-4-5-9-17(16)24-2/h4-11,13H,3,12,14H2,1-2H3,(H,20,22)/b11-10+. The first kappa shape index (κ1) is 18.7. The van der Waals surface area contributed by atoms with Gasteiger partial charge in [0.1, 0.15) is 12.3 Å². The number of methoxy groups -OCH3 is 1. The lowest BCUT2D eigenvalue weighted by Gasteiger charge is -2.20. The van der Waals surface area contributed by atoms with Crippen LogP contribution in [0.4, 0.5) is 5.69 Å². The van der Waals surface area contributed by atoms with E-state index in [4.69, 9.17) is 4.74 Å². The number of para-hydroxylation sites is 2. The molecule has 1 aromatic carbocycles. The van der Waals surface area contributed by atoms with E-state index < -0.39 is 0 Å². The number of thiophene rings is 1. The fourth-order valence-corrected chi connectivity index (χ4v) is 2.91. The highest BCUT2D eigenvalue weighted by Gasteiger charge is 2.15. The first-order valence-electron chi connectivity index (χ1n) is 8.07. The average Bonchev–Trinajstić information content (AvgIpc) is 3.13. The van der Waals surface area contributed by atoms with Crippen molar-refractivity contribution in [1.29, 1.82) is 0 Å². The van der Waals surface area contributed by atoms with Gasteiger partial charge >= 0.3 is 0 Å². The van der Waals surface area contributed by atoms with Crippen molar-refractivity contribution in [2.75, 3.05) is 25.5 Å². The van der Waals surface area contributed by atoms with Crippen molar-refractivity contribution in [1.82, 2.24) is 4.90 Å². The molecular weight excluding hydrogens is 336 g/mol. The van der Waals surface area contributed by atoms with Crippen LogP contribution in [-0.2, 0) is 9.59 Å². The molecule has 2 rings (SSSR count). The number of hydrogen-bond acceptors (Lipinski definition) is 4. The second-order valence-electron chi connectivity index (χ2n) is 5.36. The van der Waals surface area contributed by atoms with Gasteiger partial charge in [0, 0.05) is 17.5 Å². The number of carbonyl (C=O) groups excluding carboxylic acids is 2. The number of nitrogens with zero attached hydrogens (tertiary/aromatic N) is 1. The molecule has 0 aliphatic carbocycles. The average molecular weight is 358 g/mol. The summed E-state index contributed by atoms with van der Waals surface area (Å²) in [7, 11) is 1.55. The van der Waals surface area contributed by atoms with Crippen molar-refractivity contribution < 1.29 is 14.3 Å². The number of ether oxygens (including phenoxy) is 1. The summed E-state index contributed by atoms with van der Waals surface area (Å²) in [5.74, 6) is 0.156. The molecule has 0 radical (unpaired) electrons. The lowest BCUT2D eigenvalue weighted by molar-refractivity contribution is -0.130. The minimum Gasteiger partial charge on any atom is -0.495 e. The normalized spacial score (nSPS) is 10.6. The number of rotatable bonds is 8. The lowest BCUT2D eigenvalue weighted by Crippen LogP contribution is -2.37. The topological polar surface area (TPSA) is 58.6 Å². The van der Waals surface area contributed by atoms with Crippen LogP contribution in [-0.4, -0.2) is 36.9 Å². The fraction of sp³-hybridized carbons (Fsp3) is 0.263. The van der Waals surface area contributed by atoms with Crippen LogP contribution in [0.2, 0.25) is 0 Å². The number of nitrogens with one attached hydrogen (secondary N) is 1. The Morgan fingerprint density at radius 3 is 2.72 bits per heavy atom. The molecule has 0 atom stereocenters. The van der Waals surface area contributed by atoms with Gasteiger partial charge in [0.05, 0.1) is 12.8 Å². The Morgan fingerprint density at radius 2 is 2.04 bits per heavy atom. The molecule has 1 heterocycles. The minimum absolute atomic E-state index is 0.000494. The first-order valence-corrected chi connectivity index (χ1v) is 8.95. The SMILES string of the molecule is CCCN(CC(=O)Nc1ccccc1OC)C(=O)/C=C/c1cccs1. The lowest BCUT2D eigenvalue weighted by atomic mass is 10.3. The van der Waals surface area contributed by atoms with E-state index in [1.807, 2.05) is 36.6 Å². The number of benzene rings is 1. The molecule has 25 heavy (non-hydrogen) atoms. The molecule has 0 saturated heterocycles. The highest BCUT2D eigenvalue weighted by Crippen LogP contribution is 2.22. The fourth-order valence-electron chi connectivity index (χ4n) is 2.29. The first-order chi connectivity index (χ1) is 12.1. The molecule has 132 valence electrons. The second kappa shape index (κ2) is 9.64. The molecule has 0 aliphatic rings. The number of carbonyl (C=O) groups is 2. The zero-order chi connectivity index (χ0) is 18.1. The summed E-state index contributed by atoms with van der Waals surface area (Å²) < 4.78 is 5.22. The van der Waals surface area contributed by atoms with Crippen molar-refractivity contribution in [2.24, 2.45) is 0 Å². The third-order valence-electron chi connectivity index (χ3n) is 3.45. The van der Waals surface area contributed by atoms with E-state index in [-0.39, 0.29) is 18.4 Å². The summed E-state index contributed by atoms with van der Waals surface area (Å²) in [6, 6.07) is 11.0. The molecule has 0 unspecified atom stereocenters. The Hall–Kier alpha value is -2.60. The Labute approximate surface area is 151 Å². The van der Waals surface area contributed by atoms with Crippen molar-refractivity contribution in [2.45, 2.75) is 13.3 Å². The molecule has 1 aromatic heterocycles. The Balaban J connectivity index is 1.99. The third kappa shape index (κ3) is 5.76. The summed E-state index contributed by atoms with van der Waals surface area (Å²) >= 11 is 1.56. The summed E-state index contributed by atoms with van der Waals surface area (Å²) in [4.78, 5) is 27.2. The molecule has 0 saturated carbocycles. The van der Waals surface area contributed by atoms with Crippen LogP contribution in [0.25, 0.3) is 6.08 Å². The van der Waals surface area contributed by atoms with E-state index in [0.29, 0.717) is 18.0 Å². The van der Waals surface area contributed by atoms with Gasteiger partial charge < -0.3 is 15.0 Å². The predicted molar refractivity (Wildman–Crippen MR) is 102 cm³/mol. The number of amides is 2. The molecule has 0 fully saturated rings. The van der Waals surface area contributed by atoms with E-state index in [9.17, 15) is 9.59 Å². The van der Waals surface area contributed by atoms with Gasteiger partial charge in [-0.1, -0.05) is 25.1 Å². The smallest absolute Gasteiger partial charge is 0.247 e. The monoisotopic (exact) mass is 358 g/mol. The molecule has 0 bridgehead atoms. The van der Waals surface area contributed by atoms with E-state index in [1.54, 1.807) is 36.7 Å². The molecule has 0 spiro atoms. The van der Waals surface area contributed by atoms with Crippen LogP contribution in [0.1, 0.15) is 18.2 Å². The van der Waals surface area contributed by atoms with E-state index in [1.165, 1.54) is 11.0 Å². The maximum atomic E-state index is 12.4. The van der Waals surface area contributed by atoms with Gasteiger partial charge in [-0.05, 0) is 36.1 Å². The molecule has 5 nitrogen and oxygen atoms in total. The Kier molecular flexibility index (Phi) is 7.22. The van der Waals surface area contributed by atoms with Crippen LogP contribution >= 0.6 is 11.3 Å². The van der Waals surface area contributed by atoms with Gasteiger partial charge in [-0.25, -0.2) is 0 Å². The van der Waals surface area contributed by atoms with Crippen molar-refractivity contribution in [3.05, 3.63) is 52.7 Å². The van der Waals surface area contributed by atoms with Crippen LogP contribution in [0, 0.1) is 0 Å². The summed E-state index contributed by atoms with van der Waals surface area (Å²) in [5.41, 5.74) is 0.591. The van der Waals surface area contributed by atoms with Gasteiger partial charge in [0.25, 0.3) is 0 Å². The maximum Gasteiger partial charge on any atom is 0.247 e. The molecule has 2 amide bonds. The van der Waals surface area contributed by atoms with Crippen molar-refractivity contribution >= 4 is 34.9 Å². The maximum absolute atomic E-state index is 12.4. The molecule has 1 N–H and O–H groups in total. The molecule has 0 aliphatic heterocycles. The molecule has 6 heteroatoms. The minimum atomic E-state index is -0.254. The highest BCUT2D eigenvalue weighted by atomic mass is 32.1. The summed E-state index contributed by atoms with van der Waals surface area (Å²) in [6.07, 6.45) is 4.06. The number of anilines is 1. The largest absolute Gasteiger partial charge is 0.495 e. The predicted octanol–water partition coefficient (Wildman–Crippen LogP) is 3.65. The molecule has 2 aromatic rings. The van der Waals surface area contributed by atoms with Gasteiger partial charge in [-0.3, -0.25) is 9.59 Å². The van der Waals surface area contributed by atoms with Crippen LogP contribution in [0.3, 0.4) is 0 Å².